The molecule has 3 N–H and O–H groups in total. The Morgan fingerprint density at radius 3 is 2.40 bits per heavy atom. The van der Waals surface area contributed by atoms with Crippen LogP contribution in [0.3, 0.4) is 0 Å². The topological polar surface area (TPSA) is 63.8 Å². The molecule has 0 amide bonds. The van der Waals surface area contributed by atoms with Crippen molar-refractivity contribution in [3.05, 3.63) is 17.3 Å². The second kappa shape index (κ2) is 5.07. The van der Waals surface area contributed by atoms with Gasteiger partial charge in [-0.15, -0.1) is 5.10 Å². The van der Waals surface area contributed by atoms with Gasteiger partial charge >= 0.3 is 0 Å². The van der Waals surface area contributed by atoms with E-state index in [4.69, 9.17) is 5.84 Å². The van der Waals surface area contributed by atoms with Crippen LogP contribution in [0.1, 0.15) is 44.9 Å². The third kappa shape index (κ3) is 3.16. The molecular weight excluding hydrogens is 188 g/mol. The molecule has 15 heavy (non-hydrogen) atoms. The maximum absolute atomic E-state index is 5.32. The minimum Gasteiger partial charge on any atom is -0.307 e. The SMILES string of the molecule is CC(C)Cc1nnc(NN)cc1C(C)C. The molecule has 1 aromatic heterocycles. The largest absolute Gasteiger partial charge is 0.307 e. The summed E-state index contributed by atoms with van der Waals surface area (Å²) >= 11 is 0. The molecule has 0 saturated carbocycles. The van der Waals surface area contributed by atoms with Gasteiger partial charge in [0.2, 0.25) is 0 Å². The summed E-state index contributed by atoms with van der Waals surface area (Å²) in [6, 6.07) is 1.98. The van der Waals surface area contributed by atoms with Gasteiger partial charge in [-0.25, -0.2) is 5.84 Å². The number of hydrogen-bond acceptors (Lipinski definition) is 4. The van der Waals surface area contributed by atoms with E-state index in [1.165, 1.54) is 5.56 Å². The molecule has 0 radical (unpaired) electrons. The van der Waals surface area contributed by atoms with E-state index in [0.29, 0.717) is 17.7 Å². The lowest BCUT2D eigenvalue weighted by Crippen LogP contribution is -2.13. The first-order valence-corrected chi connectivity index (χ1v) is 5.37. The van der Waals surface area contributed by atoms with E-state index in [9.17, 15) is 0 Å². The lowest BCUT2D eigenvalue weighted by Gasteiger charge is -2.13. The van der Waals surface area contributed by atoms with Crippen molar-refractivity contribution in [1.29, 1.82) is 0 Å². The van der Waals surface area contributed by atoms with E-state index in [0.717, 1.165) is 12.1 Å². The number of aromatic nitrogens is 2. The molecule has 0 spiro atoms. The van der Waals surface area contributed by atoms with Crippen LogP contribution in [0.25, 0.3) is 0 Å². The van der Waals surface area contributed by atoms with Gasteiger partial charge in [0, 0.05) is 0 Å². The van der Waals surface area contributed by atoms with E-state index < -0.39 is 0 Å². The molecule has 84 valence electrons. The molecule has 1 aromatic rings. The number of hydrogen-bond donors (Lipinski definition) is 2. The molecule has 0 aromatic carbocycles. The summed E-state index contributed by atoms with van der Waals surface area (Å²) in [4.78, 5) is 0. The number of nitrogens with two attached hydrogens (primary N) is 1. The highest BCUT2D eigenvalue weighted by Gasteiger charge is 2.11. The molecule has 0 bridgehead atoms. The summed E-state index contributed by atoms with van der Waals surface area (Å²) in [6.45, 7) is 8.67. The van der Waals surface area contributed by atoms with E-state index in [1.54, 1.807) is 0 Å². The molecule has 0 aliphatic heterocycles. The molecular formula is C11H20N4. The highest BCUT2D eigenvalue weighted by atomic mass is 15.3. The molecule has 4 heteroatoms. The van der Waals surface area contributed by atoms with E-state index in [-0.39, 0.29) is 0 Å². The molecule has 0 aliphatic rings. The number of nitrogens with zero attached hydrogens (tertiary/aromatic N) is 2. The molecule has 0 atom stereocenters. The van der Waals surface area contributed by atoms with Crippen LogP contribution in [0.5, 0.6) is 0 Å². The fourth-order valence-corrected chi connectivity index (χ4v) is 1.55. The molecule has 0 unspecified atom stereocenters. The Bertz CT molecular complexity index is 320. The highest BCUT2D eigenvalue weighted by Crippen LogP contribution is 2.21. The molecule has 0 aliphatic carbocycles. The lowest BCUT2D eigenvalue weighted by atomic mass is 9.97. The lowest BCUT2D eigenvalue weighted by molar-refractivity contribution is 0.616. The van der Waals surface area contributed by atoms with Crippen LogP contribution >= 0.6 is 0 Å². The van der Waals surface area contributed by atoms with Gasteiger partial charge in [-0.05, 0) is 29.9 Å². The minimum absolute atomic E-state index is 0.446. The van der Waals surface area contributed by atoms with Gasteiger partial charge in [-0.2, -0.15) is 5.10 Å². The predicted molar refractivity (Wildman–Crippen MR) is 62.5 cm³/mol. The smallest absolute Gasteiger partial charge is 0.162 e. The molecule has 4 nitrogen and oxygen atoms in total. The fourth-order valence-electron chi connectivity index (χ4n) is 1.55. The standard InChI is InChI=1S/C11H20N4/c1-7(2)5-10-9(8(3)4)6-11(13-12)15-14-10/h6-8H,5,12H2,1-4H3,(H,13,15). The third-order valence-corrected chi connectivity index (χ3v) is 2.28. The summed E-state index contributed by atoms with van der Waals surface area (Å²) in [5, 5.41) is 8.23. The van der Waals surface area contributed by atoms with Crippen molar-refractivity contribution in [3.8, 4) is 0 Å². The third-order valence-electron chi connectivity index (χ3n) is 2.28. The van der Waals surface area contributed by atoms with Crippen molar-refractivity contribution in [2.75, 3.05) is 5.43 Å². The first-order valence-electron chi connectivity index (χ1n) is 5.37. The number of anilines is 1. The van der Waals surface area contributed by atoms with Crippen LogP contribution in [0.15, 0.2) is 6.07 Å². The van der Waals surface area contributed by atoms with Gasteiger partial charge in [-0.3, -0.25) is 0 Å². The van der Waals surface area contributed by atoms with Crippen LogP contribution in [0.2, 0.25) is 0 Å². The van der Waals surface area contributed by atoms with E-state index in [1.807, 2.05) is 6.07 Å². The average molecular weight is 208 g/mol. The van der Waals surface area contributed by atoms with Crippen LogP contribution in [0.4, 0.5) is 5.82 Å². The zero-order chi connectivity index (χ0) is 11.4. The van der Waals surface area contributed by atoms with Crippen LogP contribution < -0.4 is 11.3 Å². The monoisotopic (exact) mass is 208 g/mol. The van der Waals surface area contributed by atoms with E-state index >= 15 is 0 Å². The first kappa shape index (κ1) is 11.9. The zero-order valence-corrected chi connectivity index (χ0v) is 9.91. The summed E-state index contributed by atoms with van der Waals surface area (Å²) in [5.74, 6) is 6.99. The summed E-state index contributed by atoms with van der Waals surface area (Å²) < 4.78 is 0. The van der Waals surface area contributed by atoms with Crippen molar-refractivity contribution in [3.63, 3.8) is 0 Å². The number of nitrogens with one attached hydrogen (secondary N) is 1. The molecule has 1 rings (SSSR count). The number of nitrogen functional groups attached to an aromatic ring is 1. The number of hydrazine groups is 1. The molecule has 0 fully saturated rings. The second-order valence-electron chi connectivity index (χ2n) is 4.53. The van der Waals surface area contributed by atoms with Crippen molar-refractivity contribution < 1.29 is 0 Å². The van der Waals surface area contributed by atoms with Gasteiger partial charge in [0.05, 0.1) is 5.69 Å². The minimum atomic E-state index is 0.446. The Morgan fingerprint density at radius 2 is 1.93 bits per heavy atom. The summed E-state index contributed by atoms with van der Waals surface area (Å²) in [7, 11) is 0. The van der Waals surface area contributed by atoms with Crippen LogP contribution in [0, 0.1) is 5.92 Å². The number of rotatable bonds is 4. The van der Waals surface area contributed by atoms with Crippen molar-refractivity contribution >= 4 is 5.82 Å². The van der Waals surface area contributed by atoms with E-state index in [2.05, 4.69) is 43.3 Å². The molecule has 1 heterocycles. The average Bonchev–Trinajstić information content (AvgIpc) is 2.17. The van der Waals surface area contributed by atoms with Gasteiger partial charge < -0.3 is 5.43 Å². The highest BCUT2D eigenvalue weighted by molar-refractivity contribution is 5.38. The fraction of sp³-hybridized carbons (Fsp3) is 0.636. The Balaban J connectivity index is 3.03. The Kier molecular flexibility index (Phi) is 4.03. The first-order chi connectivity index (χ1) is 7.04. The van der Waals surface area contributed by atoms with Crippen LogP contribution in [-0.2, 0) is 6.42 Å². The van der Waals surface area contributed by atoms with Crippen molar-refractivity contribution in [1.82, 2.24) is 10.2 Å². The normalized spacial score (nSPS) is 11.1. The quantitative estimate of drug-likeness (QED) is 0.587. The zero-order valence-electron chi connectivity index (χ0n) is 9.91. The van der Waals surface area contributed by atoms with Crippen LogP contribution in [-0.4, -0.2) is 10.2 Å². The maximum atomic E-state index is 5.32. The predicted octanol–water partition coefficient (Wildman–Crippen LogP) is 2.08. The van der Waals surface area contributed by atoms with Crippen molar-refractivity contribution in [2.24, 2.45) is 11.8 Å². The van der Waals surface area contributed by atoms with Gasteiger partial charge in [0.25, 0.3) is 0 Å². The maximum Gasteiger partial charge on any atom is 0.162 e. The van der Waals surface area contributed by atoms with Gasteiger partial charge in [0.15, 0.2) is 5.82 Å². The Labute approximate surface area is 91.3 Å². The summed E-state index contributed by atoms with van der Waals surface area (Å²) in [5.41, 5.74) is 4.84. The van der Waals surface area contributed by atoms with Gasteiger partial charge in [-0.1, -0.05) is 27.7 Å². The van der Waals surface area contributed by atoms with Crippen molar-refractivity contribution in [2.45, 2.75) is 40.0 Å². The Morgan fingerprint density at radius 1 is 1.27 bits per heavy atom. The Hall–Kier alpha value is -1.16. The van der Waals surface area contributed by atoms with Gasteiger partial charge in [0.1, 0.15) is 0 Å². The molecule has 0 saturated heterocycles. The summed E-state index contributed by atoms with van der Waals surface area (Å²) in [6.07, 6.45) is 0.964. The second-order valence-corrected chi connectivity index (χ2v) is 4.53.